The smallest absolute Gasteiger partial charge is 0.162 e. The fourth-order valence-electron chi connectivity index (χ4n) is 1.48. The second kappa shape index (κ2) is 5.55. The summed E-state index contributed by atoms with van der Waals surface area (Å²) in [6.45, 7) is 1.67. The average molecular weight is 237 g/mol. The Balaban J connectivity index is 1.98. The van der Waals surface area contributed by atoms with E-state index in [0.717, 1.165) is 11.4 Å². The molecule has 0 aromatic carbocycles. The number of hydrogen-bond donors (Lipinski definition) is 1. The summed E-state index contributed by atoms with van der Waals surface area (Å²) in [5, 5.41) is 15.0. The lowest BCUT2D eigenvalue weighted by molar-refractivity contribution is 0.155. The van der Waals surface area contributed by atoms with Crippen molar-refractivity contribution in [2.24, 2.45) is 0 Å². The molecule has 7 nitrogen and oxygen atoms in total. The fraction of sp³-hybridized carbons (Fsp3) is 0.500. The molecule has 92 valence electrons. The van der Waals surface area contributed by atoms with Crippen LogP contribution in [-0.4, -0.2) is 34.3 Å². The first-order chi connectivity index (χ1) is 8.31. The van der Waals surface area contributed by atoms with Crippen molar-refractivity contribution in [2.75, 3.05) is 14.2 Å². The third kappa shape index (κ3) is 3.11. The lowest BCUT2D eigenvalue weighted by atomic mass is 10.3. The van der Waals surface area contributed by atoms with Crippen molar-refractivity contribution in [2.45, 2.75) is 19.7 Å². The van der Waals surface area contributed by atoms with Crippen LogP contribution in [-0.2, 0) is 24.4 Å². The van der Waals surface area contributed by atoms with Crippen LogP contribution < -0.4 is 5.32 Å². The lowest BCUT2D eigenvalue weighted by Gasteiger charge is -1.93. The van der Waals surface area contributed by atoms with Crippen molar-refractivity contribution in [1.82, 2.24) is 25.5 Å². The van der Waals surface area contributed by atoms with Crippen molar-refractivity contribution in [3.05, 3.63) is 29.4 Å². The molecule has 0 saturated heterocycles. The summed E-state index contributed by atoms with van der Waals surface area (Å²) in [6, 6.07) is 1.85. The monoisotopic (exact) mass is 237 g/mol. The Morgan fingerprint density at radius 3 is 3.12 bits per heavy atom. The first-order valence-corrected chi connectivity index (χ1v) is 5.29. The van der Waals surface area contributed by atoms with E-state index in [1.807, 2.05) is 19.3 Å². The quantitative estimate of drug-likeness (QED) is 0.772. The summed E-state index contributed by atoms with van der Waals surface area (Å²) < 4.78 is 11.8. The topological polar surface area (TPSA) is 78.0 Å². The summed E-state index contributed by atoms with van der Waals surface area (Å²) in [6.07, 6.45) is 1.88. The van der Waals surface area contributed by atoms with Gasteiger partial charge >= 0.3 is 0 Å². The van der Waals surface area contributed by atoms with E-state index in [4.69, 9.17) is 9.26 Å². The van der Waals surface area contributed by atoms with E-state index >= 15 is 0 Å². The van der Waals surface area contributed by atoms with Gasteiger partial charge in [-0.15, -0.1) is 5.10 Å². The summed E-state index contributed by atoms with van der Waals surface area (Å²) in [5.41, 5.74) is 1.70. The van der Waals surface area contributed by atoms with Gasteiger partial charge in [0.1, 0.15) is 12.3 Å². The van der Waals surface area contributed by atoms with Crippen LogP contribution >= 0.6 is 0 Å². The third-order valence-electron chi connectivity index (χ3n) is 2.16. The van der Waals surface area contributed by atoms with E-state index in [0.29, 0.717) is 25.5 Å². The SMILES string of the molecule is CNCc1cn(Cc2cc(COC)on2)nn1. The number of nitrogens with zero attached hydrogens (tertiary/aromatic N) is 4. The van der Waals surface area contributed by atoms with Crippen LogP contribution in [0, 0.1) is 0 Å². The highest BCUT2D eigenvalue weighted by molar-refractivity contribution is 5.05. The van der Waals surface area contributed by atoms with Crippen molar-refractivity contribution < 1.29 is 9.26 Å². The Kier molecular flexibility index (Phi) is 3.84. The number of hydrogen-bond acceptors (Lipinski definition) is 6. The van der Waals surface area contributed by atoms with Gasteiger partial charge in [-0.2, -0.15) is 0 Å². The van der Waals surface area contributed by atoms with Crippen LogP contribution in [0.2, 0.25) is 0 Å². The Bertz CT molecular complexity index is 422. The molecule has 2 aromatic heterocycles. The fourth-order valence-corrected chi connectivity index (χ4v) is 1.48. The molecule has 0 bridgehead atoms. The second-order valence-corrected chi connectivity index (χ2v) is 3.66. The van der Waals surface area contributed by atoms with Gasteiger partial charge in [0, 0.05) is 19.7 Å². The van der Waals surface area contributed by atoms with E-state index in [-0.39, 0.29) is 0 Å². The molecule has 0 unspecified atom stereocenters. The van der Waals surface area contributed by atoms with Crippen molar-refractivity contribution in [3.63, 3.8) is 0 Å². The average Bonchev–Trinajstić information content (AvgIpc) is 2.91. The highest BCUT2D eigenvalue weighted by atomic mass is 16.5. The maximum Gasteiger partial charge on any atom is 0.162 e. The zero-order valence-corrected chi connectivity index (χ0v) is 9.88. The van der Waals surface area contributed by atoms with Gasteiger partial charge in [-0.3, -0.25) is 0 Å². The van der Waals surface area contributed by atoms with Gasteiger partial charge in [0.15, 0.2) is 5.76 Å². The molecule has 0 amide bonds. The van der Waals surface area contributed by atoms with Gasteiger partial charge in [-0.25, -0.2) is 4.68 Å². The molecule has 1 N–H and O–H groups in total. The minimum Gasteiger partial charge on any atom is -0.377 e. The Labute approximate surface area is 98.7 Å². The molecular formula is C10H15N5O2. The lowest BCUT2D eigenvalue weighted by Crippen LogP contribution is -2.05. The summed E-state index contributed by atoms with van der Waals surface area (Å²) in [5.74, 6) is 0.707. The van der Waals surface area contributed by atoms with Gasteiger partial charge in [-0.1, -0.05) is 10.4 Å². The molecule has 0 radical (unpaired) electrons. The summed E-state index contributed by atoms with van der Waals surface area (Å²) in [4.78, 5) is 0. The van der Waals surface area contributed by atoms with Gasteiger partial charge in [0.25, 0.3) is 0 Å². The first-order valence-electron chi connectivity index (χ1n) is 5.29. The molecule has 0 aliphatic heterocycles. The van der Waals surface area contributed by atoms with E-state index < -0.39 is 0 Å². The standard InChI is InChI=1S/C10H15N5O2/c1-11-4-9-6-15(14-12-9)5-8-3-10(7-16-2)17-13-8/h3,6,11H,4-5,7H2,1-2H3. The van der Waals surface area contributed by atoms with Crippen molar-refractivity contribution >= 4 is 0 Å². The highest BCUT2D eigenvalue weighted by Crippen LogP contribution is 2.06. The molecule has 0 saturated carbocycles. The van der Waals surface area contributed by atoms with Crippen molar-refractivity contribution in [1.29, 1.82) is 0 Å². The van der Waals surface area contributed by atoms with Crippen LogP contribution in [0.1, 0.15) is 17.1 Å². The van der Waals surface area contributed by atoms with Crippen molar-refractivity contribution in [3.8, 4) is 0 Å². The zero-order chi connectivity index (χ0) is 12.1. The van der Waals surface area contributed by atoms with Gasteiger partial charge in [0.2, 0.25) is 0 Å². The Morgan fingerprint density at radius 1 is 1.47 bits per heavy atom. The van der Waals surface area contributed by atoms with Gasteiger partial charge < -0.3 is 14.6 Å². The second-order valence-electron chi connectivity index (χ2n) is 3.66. The molecule has 2 heterocycles. The number of aromatic nitrogens is 4. The molecular weight excluding hydrogens is 222 g/mol. The van der Waals surface area contributed by atoms with Crippen LogP contribution in [0.25, 0.3) is 0 Å². The minimum atomic E-state index is 0.426. The maximum absolute atomic E-state index is 5.08. The molecule has 0 aliphatic rings. The predicted octanol–water partition coefficient (Wildman–Crippen LogP) is 0.180. The molecule has 17 heavy (non-hydrogen) atoms. The van der Waals surface area contributed by atoms with E-state index in [9.17, 15) is 0 Å². The first kappa shape index (κ1) is 11.7. The van der Waals surface area contributed by atoms with E-state index in [2.05, 4.69) is 20.8 Å². The normalized spacial score (nSPS) is 10.9. The Morgan fingerprint density at radius 2 is 2.35 bits per heavy atom. The van der Waals surface area contributed by atoms with Gasteiger partial charge in [-0.05, 0) is 7.05 Å². The molecule has 0 fully saturated rings. The minimum absolute atomic E-state index is 0.426. The van der Waals surface area contributed by atoms with Crippen LogP contribution in [0.3, 0.4) is 0 Å². The molecule has 2 aromatic rings. The number of rotatable bonds is 6. The maximum atomic E-state index is 5.08. The predicted molar refractivity (Wildman–Crippen MR) is 59.1 cm³/mol. The highest BCUT2D eigenvalue weighted by Gasteiger charge is 2.06. The van der Waals surface area contributed by atoms with E-state index in [1.165, 1.54) is 0 Å². The van der Waals surface area contributed by atoms with E-state index in [1.54, 1.807) is 11.8 Å². The molecule has 2 rings (SSSR count). The Hall–Kier alpha value is -1.73. The number of ether oxygens (including phenoxy) is 1. The largest absolute Gasteiger partial charge is 0.377 e. The number of methoxy groups -OCH3 is 1. The summed E-state index contributed by atoms with van der Waals surface area (Å²) >= 11 is 0. The van der Waals surface area contributed by atoms with Crippen LogP contribution in [0.4, 0.5) is 0 Å². The summed E-state index contributed by atoms with van der Waals surface area (Å²) in [7, 11) is 3.48. The van der Waals surface area contributed by atoms with Gasteiger partial charge in [0.05, 0.1) is 18.4 Å². The van der Waals surface area contributed by atoms with Crippen LogP contribution in [0.15, 0.2) is 16.8 Å². The number of nitrogens with one attached hydrogen (secondary N) is 1. The molecule has 0 aliphatic carbocycles. The molecule has 7 heteroatoms. The van der Waals surface area contributed by atoms with Crippen LogP contribution in [0.5, 0.6) is 0 Å². The zero-order valence-electron chi connectivity index (χ0n) is 9.88. The molecule has 0 spiro atoms. The third-order valence-corrected chi connectivity index (χ3v) is 2.16. The molecule has 0 atom stereocenters.